The molecule has 1 aromatic rings. The van der Waals surface area contributed by atoms with Gasteiger partial charge in [-0.25, -0.2) is 4.79 Å². The Balaban J connectivity index is 2.55. The molecule has 1 heterocycles. The predicted octanol–water partition coefficient (Wildman–Crippen LogP) is 0.361. The van der Waals surface area contributed by atoms with E-state index in [0.29, 0.717) is 0 Å². The number of nitrogens with one attached hydrogen (secondary N) is 1. The fourth-order valence-electron chi connectivity index (χ4n) is 1.07. The van der Waals surface area contributed by atoms with Crippen molar-refractivity contribution < 1.29 is 19.4 Å². The number of esters is 1. The molecule has 1 unspecified atom stereocenters. The first-order chi connectivity index (χ1) is 8.62. The molecule has 19 heavy (non-hydrogen) atoms. The van der Waals surface area contributed by atoms with Gasteiger partial charge in [-0.05, 0) is 27.7 Å². The molecule has 0 aliphatic heterocycles. The lowest BCUT2D eigenvalue weighted by molar-refractivity contribution is -0.174. The molecule has 106 valence electrons. The molecule has 7 nitrogen and oxygen atoms in total. The van der Waals surface area contributed by atoms with Gasteiger partial charge in [0.25, 0.3) is 5.91 Å². The first-order valence-corrected chi connectivity index (χ1v) is 6.36. The third-order valence-electron chi connectivity index (χ3n) is 2.03. The molecule has 2 N–H and O–H groups in total. The molecule has 0 aliphatic rings. The van der Waals surface area contributed by atoms with E-state index in [1.807, 2.05) is 0 Å². The maximum absolute atomic E-state index is 11.7. The summed E-state index contributed by atoms with van der Waals surface area (Å²) in [7, 11) is 0. The molecule has 1 aromatic heterocycles. The van der Waals surface area contributed by atoms with Crippen molar-refractivity contribution in [1.29, 1.82) is 0 Å². The van der Waals surface area contributed by atoms with Gasteiger partial charge < -0.3 is 15.2 Å². The topological polar surface area (TPSA) is 101 Å². The van der Waals surface area contributed by atoms with Crippen molar-refractivity contribution in [1.82, 2.24) is 14.1 Å². The van der Waals surface area contributed by atoms with E-state index in [1.165, 1.54) is 13.1 Å². The molecule has 0 aromatic carbocycles. The number of hydrogen-bond acceptors (Lipinski definition) is 7. The fourth-order valence-corrected chi connectivity index (χ4v) is 1.48. The van der Waals surface area contributed by atoms with Crippen LogP contribution in [0.15, 0.2) is 6.20 Å². The Hall–Kier alpha value is -1.54. The summed E-state index contributed by atoms with van der Waals surface area (Å²) >= 11 is 0.900. The van der Waals surface area contributed by atoms with Gasteiger partial charge in [-0.3, -0.25) is 4.79 Å². The highest BCUT2D eigenvalue weighted by molar-refractivity contribution is 6.99. The van der Waals surface area contributed by atoms with Crippen LogP contribution in [-0.2, 0) is 9.53 Å². The van der Waals surface area contributed by atoms with E-state index in [-0.39, 0.29) is 12.2 Å². The smallest absolute Gasteiger partial charge is 0.340 e. The number of amides is 1. The van der Waals surface area contributed by atoms with E-state index in [4.69, 9.17) is 4.74 Å². The van der Waals surface area contributed by atoms with Crippen molar-refractivity contribution in [2.24, 2.45) is 0 Å². The van der Waals surface area contributed by atoms with Gasteiger partial charge in [0.2, 0.25) is 0 Å². The Bertz CT molecular complexity index is 451. The maximum Gasteiger partial charge on any atom is 0.340 e. The number of aromatic nitrogens is 2. The molecule has 0 fully saturated rings. The van der Waals surface area contributed by atoms with Crippen LogP contribution in [-0.4, -0.2) is 43.5 Å². The normalized spacial score (nSPS) is 14.6. The minimum absolute atomic E-state index is 0.144. The number of carbonyl (C=O) groups excluding carboxylic acids is 2. The first-order valence-electron chi connectivity index (χ1n) is 5.63. The molecular formula is C11H17N3O4S. The van der Waals surface area contributed by atoms with Crippen LogP contribution in [0.5, 0.6) is 0 Å². The Morgan fingerprint density at radius 1 is 1.42 bits per heavy atom. The number of rotatable bonds is 4. The summed E-state index contributed by atoms with van der Waals surface area (Å²) in [4.78, 5) is 23.3. The van der Waals surface area contributed by atoms with Gasteiger partial charge in [-0.2, -0.15) is 8.75 Å². The molecular weight excluding hydrogens is 270 g/mol. The summed E-state index contributed by atoms with van der Waals surface area (Å²) in [5, 5.41) is 12.4. The standard InChI is InChI=1S/C11H17N3O4S/c1-10(2,3)18-9(16)11(4,17)6-12-8(15)7-5-13-19-14-7/h5,17H,6H2,1-4H3,(H,12,15). The second kappa shape index (κ2) is 5.62. The zero-order valence-electron chi connectivity index (χ0n) is 11.3. The molecule has 0 aliphatic carbocycles. The van der Waals surface area contributed by atoms with Crippen molar-refractivity contribution in [3.8, 4) is 0 Å². The molecule has 0 radical (unpaired) electrons. The zero-order chi connectivity index (χ0) is 14.7. The molecule has 1 atom stereocenters. The van der Waals surface area contributed by atoms with Crippen molar-refractivity contribution in [3.63, 3.8) is 0 Å². The Morgan fingerprint density at radius 2 is 2.05 bits per heavy atom. The van der Waals surface area contributed by atoms with E-state index in [9.17, 15) is 14.7 Å². The van der Waals surface area contributed by atoms with Crippen LogP contribution >= 0.6 is 11.7 Å². The lowest BCUT2D eigenvalue weighted by atomic mass is 10.1. The van der Waals surface area contributed by atoms with Crippen LogP contribution in [0.4, 0.5) is 0 Å². The summed E-state index contributed by atoms with van der Waals surface area (Å²) in [6.45, 7) is 6.10. The van der Waals surface area contributed by atoms with E-state index >= 15 is 0 Å². The van der Waals surface area contributed by atoms with E-state index in [1.54, 1.807) is 20.8 Å². The summed E-state index contributed by atoms with van der Waals surface area (Å²) in [5.41, 5.74) is -2.36. The van der Waals surface area contributed by atoms with Gasteiger partial charge in [0.15, 0.2) is 11.3 Å². The molecule has 8 heteroatoms. The molecule has 0 spiro atoms. The van der Waals surface area contributed by atoms with Crippen LogP contribution in [0.3, 0.4) is 0 Å². The number of nitrogens with zero attached hydrogens (tertiary/aromatic N) is 2. The highest BCUT2D eigenvalue weighted by atomic mass is 32.1. The van der Waals surface area contributed by atoms with Gasteiger partial charge in [0, 0.05) is 0 Å². The van der Waals surface area contributed by atoms with Gasteiger partial charge in [-0.1, -0.05) is 0 Å². The van der Waals surface area contributed by atoms with Gasteiger partial charge in [-0.15, -0.1) is 0 Å². The Morgan fingerprint density at radius 3 is 2.53 bits per heavy atom. The van der Waals surface area contributed by atoms with Crippen molar-refractivity contribution in [2.45, 2.75) is 38.9 Å². The number of ether oxygens (including phenoxy) is 1. The highest BCUT2D eigenvalue weighted by Crippen LogP contribution is 2.13. The monoisotopic (exact) mass is 287 g/mol. The van der Waals surface area contributed by atoms with E-state index in [0.717, 1.165) is 11.7 Å². The van der Waals surface area contributed by atoms with Crippen molar-refractivity contribution in [3.05, 3.63) is 11.9 Å². The van der Waals surface area contributed by atoms with Crippen molar-refractivity contribution >= 4 is 23.6 Å². The third kappa shape index (κ3) is 4.92. The van der Waals surface area contributed by atoms with Crippen LogP contribution in [0.25, 0.3) is 0 Å². The van der Waals surface area contributed by atoms with E-state index < -0.39 is 23.1 Å². The van der Waals surface area contributed by atoms with Gasteiger partial charge in [0.1, 0.15) is 5.60 Å². The summed E-state index contributed by atoms with van der Waals surface area (Å²) in [6, 6.07) is 0. The molecule has 0 saturated carbocycles. The predicted molar refractivity (Wildman–Crippen MR) is 68.7 cm³/mol. The zero-order valence-corrected chi connectivity index (χ0v) is 12.1. The molecule has 1 amide bonds. The quantitative estimate of drug-likeness (QED) is 0.775. The third-order valence-corrected chi connectivity index (χ3v) is 2.50. The molecule has 0 saturated heterocycles. The second-order valence-corrected chi connectivity index (χ2v) is 5.81. The summed E-state index contributed by atoms with van der Waals surface area (Å²) in [6.07, 6.45) is 1.31. The largest absolute Gasteiger partial charge is 0.458 e. The lowest BCUT2D eigenvalue weighted by Crippen LogP contribution is -2.49. The van der Waals surface area contributed by atoms with Crippen LogP contribution < -0.4 is 5.32 Å². The summed E-state index contributed by atoms with van der Waals surface area (Å²) in [5.74, 6) is -1.30. The Kier molecular flexibility index (Phi) is 4.59. The lowest BCUT2D eigenvalue weighted by Gasteiger charge is -2.27. The average molecular weight is 287 g/mol. The van der Waals surface area contributed by atoms with Crippen molar-refractivity contribution in [2.75, 3.05) is 6.54 Å². The Labute approximate surface area is 115 Å². The van der Waals surface area contributed by atoms with E-state index in [2.05, 4.69) is 14.1 Å². The average Bonchev–Trinajstić information content (AvgIpc) is 2.77. The number of carbonyl (C=O) groups is 2. The van der Waals surface area contributed by atoms with Crippen LogP contribution in [0.1, 0.15) is 38.2 Å². The van der Waals surface area contributed by atoms with Gasteiger partial charge >= 0.3 is 5.97 Å². The first kappa shape index (κ1) is 15.5. The van der Waals surface area contributed by atoms with Gasteiger partial charge in [0.05, 0.1) is 24.5 Å². The molecule has 1 rings (SSSR count). The minimum Gasteiger partial charge on any atom is -0.458 e. The van der Waals surface area contributed by atoms with Crippen LogP contribution in [0, 0.1) is 0 Å². The SMILES string of the molecule is CC(C)(C)OC(=O)C(C)(O)CNC(=O)c1cnsn1. The highest BCUT2D eigenvalue weighted by Gasteiger charge is 2.35. The maximum atomic E-state index is 11.7. The second-order valence-electron chi connectivity index (χ2n) is 5.25. The fraction of sp³-hybridized carbons (Fsp3) is 0.636. The minimum atomic E-state index is -1.80. The number of aliphatic hydroxyl groups is 1. The number of hydrogen-bond donors (Lipinski definition) is 2. The summed E-state index contributed by atoms with van der Waals surface area (Å²) < 4.78 is 12.5. The molecule has 0 bridgehead atoms. The van der Waals surface area contributed by atoms with Crippen LogP contribution in [0.2, 0.25) is 0 Å².